The minimum Gasteiger partial charge on any atom is -0.303 e. The lowest BCUT2D eigenvalue weighted by atomic mass is 10.3. The standard InChI is InChI=1S/C7H5Br2F2N3O/c1-7(10,11)6(15)14-5-4(9)13-3(8)2-12-5/h2H,1H3,(H,12,14,15). The van der Waals surface area contributed by atoms with Gasteiger partial charge in [-0.05, 0) is 31.9 Å². The summed E-state index contributed by atoms with van der Waals surface area (Å²) >= 11 is 6.02. The Balaban J connectivity index is 2.87. The fraction of sp³-hybridized carbons (Fsp3) is 0.286. The second-order valence-corrected chi connectivity index (χ2v) is 4.24. The van der Waals surface area contributed by atoms with Crippen LogP contribution in [-0.4, -0.2) is 21.8 Å². The minimum absolute atomic E-state index is 0.0512. The van der Waals surface area contributed by atoms with Crippen LogP contribution < -0.4 is 5.32 Å². The highest BCUT2D eigenvalue weighted by molar-refractivity contribution is 9.11. The Morgan fingerprint density at radius 2 is 2.13 bits per heavy atom. The van der Waals surface area contributed by atoms with Crippen LogP contribution in [0.4, 0.5) is 14.6 Å². The van der Waals surface area contributed by atoms with Gasteiger partial charge < -0.3 is 5.32 Å². The maximum atomic E-state index is 12.5. The predicted octanol–water partition coefficient (Wildman–Crippen LogP) is 2.60. The molecule has 0 unspecified atom stereocenters. The molecule has 1 amide bonds. The van der Waals surface area contributed by atoms with Gasteiger partial charge in [0.15, 0.2) is 5.82 Å². The number of nitrogens with one attached hydrogen (secondary N) is 1. The first-order valence-electron chi connectivity index (χ1n) is 3.68. The molecular formula is C7H5Br2F2N3O. The number of rotatable bonds is 2. The first-order chi connectivity index (χ1) is 6.80. The number of halogens is 4. The third-order valence-electron chi connectivity index (χ3n) is 1.33. The van der Waals surface area contributed by atoms with Crippen LogP contribution in [0, 0.1) is 0 Å². The van der Waals surface area contributed by atoms with Gasteiger partial charge in [-0.15, -0.1) is 0 Å². The van der Waals surface area contributed by atoms with Gasteiger partial charge >= 0.3 is 5.92 Å². The van der Waals surface area contributed by atoms with Crippen molar-refractivity contribution in [2.45, 2.75) is 12.8 Å². The van der Waals surface area contributed by atoms with Crippen molar-refractivity contribution in [2.75, 3.05) is 5.32 Å². The molecule has 0 aromatic carbocycles. The van der Waals surface area contributed by atoms with E-state index in [1.165, 1.54) is 6.20 Å². The van der Waals surface area contributed by atoms with Crippen LogP contribution in [-0.2, 0) is 4.79 Å². The highest BCUT2D eigenvalue weighted by atomic mass is 79.9. The van der Waals surface area contributed by atoms with Crippen LogP contribution >= 0.6 is 31.9 Å². The van der Waals surface area contributed by atoms with E-state index in [-0.39, 0.29) is 10.4 Å². The molecule has 4 nitrogen and oxygen atoms in total. The average Bonchev–Trinajstić information content (AvgIpc) is 2.08. The van der Waals surface area contributed by atoms with E-state index < -0.39 is 11.8 Å². The van der Waals surface area contributed by atoms with Crippen molar-refractivity contribution in [2.24, 2.45) is 0 Å². The summed E-state index contributed by atoms with van der Waals surface area (Å²) in [6, 6.07) is 0. The largest absolute Gasteiger partial charge is 0.322 e. The Morgan fingerprint density at radius 3 is 2.60 bits per heavy atom. The number of anilines is 1. The number of carbonyl (C=O) groups excluding carboxylic acids is 1. The van der Waals surface area contributed by atoms with Gasteiger partial charge in [0, 0.05) is 6.92 Å². The molecule has 0 saturated carbocycles. The second-order valence-electron chi connectivity index (χ2n) is 2.67. The summed E-state index contributed by atoms with van der Waals surface area (Å²) in [5, 5.41) is 1.95. The monoisotopic (exact) mass is 343 g/mol. The molecular weight excluding hydrogens is 340 g/mol. The topological polar surface area (TPSA) is 54.9 Å². The maximum Gasteiger partial charge on any atom is 0.322 e. The molecule has 1 N–H and O–H groups in total. The average molecular weight is 345 g/mol. The lowest BCUT2D eigenvalue weighted by Crippen LogP contribution is -2.31. The quantitative estimate of drug-likeness (QED) is 0.897. The van der Waals surface area contributed by atoms with Gasteiger partial charge in [-0.1, -0.05) is 0 Å². The summed E-state index contributed by atoms with van der Waals surface area (Å²) in [7, 11) is 0. The Labute approximate surface area is 101 Å². The number of nitrogens with zero attached hydrogens (tertiary/aromatic N) is 2. The molecule has 1 rings (SSSR count). The van der Waals surface area contributed by atoms with Crippen molar-refractivity contribution < 1.29 is 13.6 Å². The van der Waals surface area contributed by atoms with Crippen LogP contribution in [0.5, 0.6) is 0 Å². The van der Waals surface area contributed by atoms with E-state index in [4.69, 9.17) is 0 Å². The summed E-state index contributed by atoms with van der Waals surface area (Å²) in [4.78, 5) is 18.4. The number of aromatic nitrogens is 2. The lowest BCUT2D eigenvalue weighted by Gasteiger charge is -2.10. The number of amides is 1. The minimum atomic E-state index is -3.45. The van der Waals surface area contributed by atoms with Crippen molar-refractivity contribution in [1.29, 1.82) is 0 Å². The van der Waals surface area contributed by atoms with Gasteiger partial charge in [-0.25, -0.2) is 9.97 Å². The molecule has 0 spiro atoms. The first kappa shape index (κ1) is 12.4. The molecule has 0 aliphatic heterocycles. The van der Waals surface area contributed by atoms with E-state index in [0.717, 1.165) is 0 Å². The van der Waals surface area contributed by atoms with Crippen molar-refractivity contribution >= 4 is 43.6 Å². The van der Waals surface area contributed by atoms with Crippen LogP contribution in [0.15, 0.2) is 15.4 Å². The third-order valence-corrected chi connectivity index (χ3v) is 2.27. The van der Waals surface area contributed by atoms with E-state index in [9.17, 15) is 13.6 Å². The summed E-state index contributed by atoms with van der Waals surface area (Å²) in [5.74, 6) is -4.93. The Bertz CT molecular complexity index is 394. The highest BCUT2D eigenvalue weighted by Gasteiger charge is 2.32. The summed E-state index contributed by atoms with van der Waals surface area (Å²) in [5.41, 5.74) is 0. The number of hydrogen-bond donors (Lipinski definition) is 1. The molecule has 0 bridgehead atoms. The fourth-order valence-electron chi connectivity index (χ4n) is 0.648. The zero-order valence-corrected chi connectivity index (χ0v) is 10.6. The third kappa shape index (κ3) is 3.45. The smallest absolute Gasteiger partial charge is 0.303 e. The lowest BCUT2D eigenvalue weighted by molar-refractivity contribution is -0.137. The normalized spacial score (nSPS) is 11.3. The van der Waals surface area contributed by atoms with Gasteiger partial charge in [0.2, 0.25) is 0 Å². The van der Waals surface area contributed by atoms with Gasteiger partial charge in [-0.2, -0.15) is 8.78 Å². The van der Waals surface area contributed by atoms with Crippen molar-refractivity contribution in [3.8, 4) is 0 Å². The predicted molar refractivity (Wildman–Crippen MR) is 56.7 cm³/mol. The van der Waals surface area contributed by atoms with Crippen LogP contribution in [0.2, 0.25) is 0 Å². The van der Waals surface area contributed by atoms with Gasteiger partial charge in [0.1, 0.15) is 9.21 Å². The van der Waals surface area contributed by atoms with Crippen molar-refractivity contribution in [1.82, 2.24) is 9.97 Å². The Hall–Kier alpha value is -0.630. The first-order valence-corrected chi connectivity index (χ1v) is 5.26. The second kappa shape index (κ2) is 4.48. The Morgan fingerprint density at radius 1 is 1.53 bits per heavy atom. The molecule has 82 valence electrons. The maximum absolute atomic E-state index is 12.5. The molecule has 1 aromatic rings. The van der Waals surface area contributed by atoms with Crippen molar-refractivity contribution in [3.63, 3.8) is 0 Å². The zero-order valence-electron chi connectivity index (χ0n) is 7.39. The van der Waals surface area contributed by atoms with E-state index >= 15 is 0 Å². The molecule has 0 fully saturated rings. The van der Waals surface area contributed by atoms with E-state index in [2.05, 4.69) is 41.8 Å². The molecule has 8 heteroatoms. The van der Waals surface area contributed by atoms with Crippen LogP contribution in [0.1, 0.15) is 6.92 Å². The van der Waals surface area contributed by atoms with Crippen molar-refractivity contribution in [3.05, 3.63) is 15.4 Å². The van der Waals surface area contributed by atoms with Gasteiger partial charge in [-0.3, -0.25) is 4.79 Å². The number of alkyl halides is 2. The van der Waals surface area contributed by atoms with Crippen LogP contribution in [0.25, 0.3) is 0 Å². The highest BCUT2D eigenvalue weighted by Crippen LogP contribution is 2.21. The molecule has 0 aliphatic rings. The van der Waals surface area contributed by atoms with Gasteiger partial charge in [0.05, 0.1) is 6.20 Å². The summed E-state index contributed by atoms with van der Waals surface area (Å²) in [6.07, 6.45) is 1.29. The molecule has 0 radical (unpaired) electrons. The SMILES string of the molecule is CC(F)(F)C(=O)Nc1ncc(Br)nc1Br. The molecule has 15 heavy (non-hydrogen) atoms. The molecule has 0 aliphatic carbocycles. The zero-order chi connectivity index (χ0) is 11.6. The summed E-state index contributed by atoms with van der Waals surface area (Å²) < 4.78 is 25.7. The molecule has 1 aromatic heterocycles. The summed E-state index contributed by atoms with van der Waals surface area (Å²) in [6.45, 7) is 0.503. The molecule has 0 saturated heterocycles. The number of carbonyl (C=O) groups is 1. The van der Waals surface area contributed by atoms with E-state index in [0.29, 0.717) is 11.5 Å². The van der Waals surface area contributed by atoms with Crippen LogP contribution in [0.3, 0.4) is 0 Å². The fourth-order valence-corrected chi connectivity index (χ4v) is 1.56. The van der Waals surface area contributed by atoms with E-state index in [1.54, 1.807) is 0 Å². The van der Waals surface area contributed by atoms with E-state index in [1.807, 2.05) is 5.32 Å². The molecule has 0 atom stereocenters. The van der Waals surface area contributed by atoms with Gasteiger partial charge in [0.25, 0.3) is 5.91 Å². The number of hydrogen-bond acceptors (Lipinski definition) is 3. The molecule has 1 heterocycles. The Kier molecular flexibility index (Phi) is 3.72.